The summed E-state index contributed by atoms with van der Waals surface area (Å²) in [7, 11) is 1.86. The normalized spacial score (nSPS) is 12.2. The Morgan fingerprint density at radius 2 is 1.60 bits per heavy atom. The van der Waals surface area contributed by atoms with Gasteiger partial charge < -0.3 is 9.67 Å². The van der Waals surface area contributed by atoms with Crippen LogP contribution in [0.5, 0.6) is 0 Å². The fourth-order valence-corrected chi connectivity index (χ4v) is 4.14. The van der Waals surface area contributed by atoms with Gasteiger partial charge in [0.1, 0.15) is 6.10 Å². The number of rotatable bonds is 3. The van der Waals surface area contributed by atoms with Gasteiger partial charge in [-0.05, 0) is 50.9 Å². The number of nitrogens with zero attached hydrogens (tertiary/aromatic N) is 3. The largest absolute Gasteiger partial charge is 0.382 e. The van der Waals surface area contributed by atoms with E-state index < -0.39 is 6.10 Å². The van der Waals surface area contributed by atoms with Crippen molar-refractivity contribution in [1.82, 2.24) is 9.55 Å². The molecule has 0 saturated carbocycles. The molecule has 0 bridgehead atoms. The Kier molecular flexibility index (Phi) is 4.31. The van der Waals surface area contributed by atoms with Crippen LogP contribution in [0, 0.1) is 11.3 Å². The topological polar surface area (TPSA) is 61.8 Å². The molecule has 1 unspecified atom stereocenters. The zero-order chi connectivity index (χ0) is 20.7. The quantitative estimate of drug-likeness (QED) is 0.423. The Balaban J connectivity index is 1.83. The summed E-state index contributed by atoms with van der Waals surface area (Å²) in [6.45, 7) is 0. The Morgan fingerprint density at radius 1 is 0.933 bits per heavy atom. The molecule has 4 aromatic carbocycles. The molecule has 0 aliphatic heterocycles. The van der Waals surface area contributed by atoms with Gasteiger partial charge in [-0.15, -0.1) is 0 Å². The molecule has 0 aliphatic rings. The molecule has 0 aliphatic carbocycles. The van der Waals surface area contributed by atoms with Crippen molar-refractivity contribution in [3.05, 3.63) is 102 Å². The van der Waals surface area contributed by atoms with E-state index in [1.54, 1.807) is 23.2 Å². The van der Waals surface area contributed by atoms with E-state index >= 15 is 0 Å². The summed E-state index contributed by atoms with van der Waals surface area (Å²) in [5, 5.41) is 25.2. The molecular weight excluding hydrogens is 370 g/mol. The summed E-state index contributed by atoms with van der Waals surface area (Å²) in [6.07, 6.45) is 2.50. The van der Waals surface area contributed by atoms with Crippen molar-refractivity contribution in [2.45, 2.75) is 6.10 Å². The molecule has 0 saturated heterocycles. The lowest BCUT2D eigenvalue weighted by Gasteiger charge is -2.17. The lowest BCUT2D eigenvalue weighted by Crippen LogP contribution is -2.05. The third-order valence-electron chi connectivity index (χ3n) is 5.65. The summed E-state index contributed by atoms with van der Waals surface area (Å²) in [4.78, 5) is 4.12. The number of aliphatic hydroxyl groups is 1. The molecule has 1 atom stereocenters. The van der Waals surface area contributed by atoms with Crippen LogP contribution in [-0.4, -0.2) is 14.7 Å². The van der Waals surface area contributed by atoms with Gasteiger partial charge in [-0.1, -0.05) is 54.6 Å². The molecule has 1 heterocycles. The lowest BCUT2D eigenvalue weighted by molar-refractivity contribution is 0.211. The first kappa shape index (κ1) is 18.1. The van der Waals surface area contributed by atoms with E-state index in [0.717, 1.165) is 38.2 Å². The number of aromatic nitrogens is 2. The van der Waals surface area contributed by atoms with E-state index in [1.807, 2.05) is 43.4 Å². The maximum Gasteiger partial charge on any atom is 0.121 e. The van der Waals surface area contributed by atoms with Crippen LogP contribution < -0.4 is 0 Å². The van der Waals surface area contributed by atoms with Crippen molar-refractivity contribution < 1.29 is 5.11 Å². The van der Waals surface area contributed by atoms with E-state index in [-0.39, 0.29) is 0 Å². The Labute approximate surface area is 174 Å². The monoisotopic (exact) mass is 389 g/mol. The van der Waals surface area contributed by atoms with Crippen molar-refractivity contribution in [3.63, 3.8) is 0 Å². The first-order valence-electron chi connectivity index (χ1n) is 9.76. The van der Waals surface area contributed by atoms with Gasteiger partial charge >= 0.3 is 0 Å². The number of hydrogen-bond acceptors (Lipinski definition) is 3. The van der Waals surface area contributed by atoms with Crippen LogP contribution in [-0.2, 0) is 7.05 Å². The summed E-state index contributed by atoms with van der Waals surface area (Å²) < 4.78 is 1.80. The standard InChI is InChI=1S/C26H19N3O/c1-29-16-28-15-24(29)26(30)19-10-11-20(14-27)23(13-19)25-21-8-4-2-6-17(21)12-18-7-3-5-9-22(18)25/h2-13,15-16,26,30H,1H3. The highest BCUT2D eigenvalue weighted by atomic mass is 16.3. The summed E-state index contributed by atoms with van der Waals surface area (Å²) >= 11 is 0. The lowest BCUT2D eigenvalue weighted by atomic mass is 9.88. The molecular formula is C26H19N3O. The number of nitriles is 1. The average molecular weight is 389 g/mol. The smallest absolute Gasteiger partial charge is 0.121 e. The minimum Gasteiger partial charge on any atom is -0.382 e. The van der Waals surface area contributed by atoms with E-state index in [0.29, 0.717) is 11.3 Å². The van der Waals surface area contributed by atoms with Gasteiger partial charge in [-0.2, -0.15) is 5.26 Å². The number of imidazole rings is 1. The fourth-order valence-electron chi connectivity index (χ4n) is 4.14. The van der Waals surface area contributed by atoms with Gasteiger partial charge in [0.2, 0.25) is 0 Å². The van der Waals surface area contributed by atoms with Crippen LogP contribution in [0.25, 0.3) is 32.7 Å². The van der Waals surface area contributed by atoms with Crippen LogP contribution in [0.2, 0.25) is 0 Å². The van der Waals surface area contributed by atoms with Gasteiger partial charge in [-0.25, -0.2) is 4.98 Å². The van der Waals surface area contributed by atoms with E-state index in [2.05, 4.69) is 41.4 Å². The SMILES string of the molecule is Cn1cncc1C(O)c1ccc(C#N)c(-c2c3ccccc3cc3ccccc23)c1. The number of hydrogen-bond donors (Lipinski definition) is 1. The van der Waals surface area contributed by atoms with Crippen molar-refractivity contribution in [3.8, 4) is 17.2 Å². The molecule has 4 nitrogen and oxygen atoms in total. The first-order chi connectivity index (χ1) is 14.7. The first-order valence-corrected chi connectivity index (χ1v) is 9.76. The third-order valence-corrected chi connectivity index (χ3v) is 5.65. The van der Waals surface area contributed by atoms with Gasteiger partial charge in [-0.3, -0.25) is 0 Å². The zero-order valence-electron chi connectivity index (χ0n) is 16.4. The molecule has 1 aromatic heterocycles. The molecule has 5 aromatic rings. The van der Waals surface area contributed by atoms with E-state index in [1.165, 1.54) is 0 Å². The molecule has 30 heavy (non-hydrogen) atoms. The van der Waals surface area contributed by atoms with Gasteiger partial charge in [0.25, 0.3) is 0 Å². The summed E-state index contributed by atoms with van der Waals surface area (Å²) in [5.41, 5.74) is 3.85. The fraction of sp³-hybridized carbons (Fsp3) is 0.0769. The second-order valence-corrected chi connectivity index (χ2v) is 7.44. The van der Waals surface area contributed by atoms with Crippen molar-refractivity contribution in [2.24, 2.45) is 7.05 Å². The molecule has 0 spiro atoms. The summed E-state index contributed by atoms with van der Waals surface area (Å²) in [5.74, 6) is 0. The van der Waals surface area contributed by atoms with E-state index in [4.69, 9.17) is 0 Å². The molecule has 144 valence electrons. The van der Waals surface area contributed by atoms with Gasteiger partial charge in [0, 0.05) is 12.6 Å². The molecule has 0 radical (unpaired) electrons. The van der Waals surface area contributed by atoms with Gasteiger partial charge in [0.15, 0.2) is 0 Å². The Hall–Kier alpha value is -3.94. The highest BCUT2D eigenvalue weighted by molar-refractivity contribution is 6.13. The second-order valence-electron chi connectivity index (χ2n) is 7.44. The van der Waals surface area contributed by atoms with Crippen LogP contribution in [0.15, 0.2) is 85.3 Å². The highest BCUT2D eigenvalue weighted by Gasteiger charge is 2.18. The van der Waals surface area contributed by atoms with Crippen LogP contribution in [0.3, 0.4) is 0 Å². The van der Waals surface area contributed by atoms with Crippen molar-refractivity contribution in [1.29, 1.82) is 5.26 Å². The van der Waals surface area contributed by atoms with Crippen molar-refractivity contribution in [2.75, 3.05) is 0 Å². The maximum absolute atomic E-state index is 11.0. The minimum atomic E-state index is -0.828. The highest BCUT2D eigenvalue weighted by Crippen LogP contribution is 2.39. The maximum atomic E-state index is 11.0. The predicted octanol–water partition coefficient (Wildman–Crippen LogP) is 5.35. The molecule has 1 N–H and O–H groups in total. The van der Waals surface area contributed by atoms with Crippen LogP contribution >= 0.6 is 0 Å². The molecule has 5 rings (SSSR count). The zero-order valence-corrected chi connectivity index (χ0v) is 16.4. The molecule has 4 heteroatoms. The number of aliphatic hydroxyl groups excluding tert-OH is 1. The summed E-state index contributed by atoms with van der Waals surface area (Å²) in [6, 6.07) is 26.5. The Bertz CT molecular complexity index is 1390. The second kappa shape index (κ2) is 7.14. The van der Waals surface area contributed by atoms with Gasteiger partial charge in [0.05, 0.1) is 29.9 Å². The van der Waals surface area contributed by atoms with E-state index in [9.17, 15) is 10.4 Å². The molecule has 0 amide bonds. The number of benzene rings is 4. The van der Waals surface area contributed by atoms with Crippen LogP contribution in [0.1, 0.15) is 22.9 Å². The predicted molar refractivity (Wildman–Crippen MR) is 119 cm³/mol. The number of aryl methyl sites for hydroxylation is 1. The number of fused-ring (bicyclic) bond motifs is 2. The minimum absolute atomic E-state index is 0.581. The van der Waals surface area contributed by atoms with Crippen LogP contribution in [0.4, 0.5) is 0 Å². The molecule has 0 fully saturated rings. The third kappa shape index (κ3) is 2.85. The van der Waals surface area contributed by atoms with Crippen molar-refractivity contribution >= 4 is 21.5 Å². The average Bonchev–Trinajstić information content (AvgIpc) is 3.22. The Morgan fingerprint density at radius 3 is 2.20 bits per heavy atom.